The first-order valence-electron chi connectivity index (χ1n) is 11.1. The summed E-state index contributed by atoms with van der Waals surface area (Å²) in [7, 11) is 5.84. The van der Waals surface area contributed by atoms with Crippen molar-refractivity contribution < 1.29 is 9.47 Å². The Morgan fingerprint density at radius 3 is 2.41 bits per heavy atom. The zero-order valence-corrected chi connectivity index (χ0v) is 20.0. The van der Waals surface area contributed by atoms with Gasteiger partial charge >= 0.3 is 0 Å². The van der Waals surface area contributed by atoms with Crippen LogP contribution in [-0.4, -0.2) is 70.5 Å². The molecule has 0 spiro atoms. The molecule has 0 radical (unpaired) electrons. The van der Waals surface area contributed by atoms with Crippen molar-refractivity contribution in [1.29, 1.82) is 0 Å². The second-order valence-corrected chi connectivity index (χ2v) is 9.09. The van der Waals surface area contributed by atoms with E-state index in [2.05, 4.69) is 58.6 Å². The molecule has 0 aliphatic carbocycles. The van der Waals surface area contributed by atoms with E-state index in [-0.39, 0.29) is 0 Å². The average Bonchev–Trinajstić information content (AvgIpc) is 3.27. The van der Waals surface area contributed by atoms with Crippen molar-refractivity contribution in [3.05, 3.63) is 53.4 Å². The Balaban J connectivity index is 1.61. The highest BCUT2D eigenvalue weighted by Crippen LogP contribution is 2.36. The van der Waals surface area contributed by atoms with Gasteiger partial charge < -0.3 is 19.7 Å². The van der Waals surface area contributed by atoms with E-state index in [0.717, 1.165) is 73.5 Å². The Morgan fingerprint density at radius 2 is 1.75 bits per heavy atom. The van der Waals surface area contributed by atoms with Crippen LogP contribution in [0.4, 0.5) is 5.69 Å². The Morgan fingerprint density at radius 1 is 1.06 bits per heavy atom. The normalized spacial score (nSPS) is 14.2. The molecule has 170 valence electrons. The zero-order chi connectivity index (χ0) is 22.3. The Hall–Kier alpha value is -2.45. The third kappa shape index (κ3) is 5.48. The number of anilines is 1. The summed E-state index contributed by atoms with van der Waals surface area (Å²) < 4.78 is 10.8. The van der Waals surface area contributed by atoms with Gasteiger partial charge in [-0.05, 0) is 62.6 Å². The van der Waals surface area contributed by atoms with Crippen molar-refractivity contribution >= 4 is 17.0 Å². The molecule has 0 amide bonds. The topological polar surface area (TPSA) is 49.9 Å². The number of methoxy groups -OCH3 is 1. The number of hydrogen-bond acceptors (Lipinski definition) is 7. The second kappa shape index (κ2) is 10.9. The van der Waals surface area contributed by atoms with Crippen LogP contribution in [0.25, 0.3) is 21.8 Å². The molecular formula is C25H32N4O2S. The van der Waals surface area contributed by atoms with Crippen LogP contribution in [0.2, 0.25) is 0 Å². The number of benzene rings is 2. The Labute approximate surface area is 194 Å². The number of hydrogen-bond donors (Lipinski definition) is 1. The predicted octanol–water partition coefficient (Wildman–Crippen LogP) is 3.97. The minimum atomic E-state index is 0.796. The smallest absolute Gasteiger partial charge is 0.124 e. The maximum absolute atomic E-state index is 5.48. The maximum atomic E-state index is 5.48. The van der Waals surface area contributed by atoms with Gasteiger partial charge in [-0.2, -0.15) is 0 Å². The van der Waals surface area contributed by atoms with Gasteiger partial charge in [0.2, 0.25) is 0 Å². The van der Waals surface area contributed by atoms with E-state index in [4.69, 9.17) is 14.5 Å². The highest BCUT2D eigenvalue weighted by molar-refractivity contribution is 7.15. The summed E-state index contributed by atoms with van der Waals surface area (Å²) >= 11 is 1.78. The standard InChI is InChI=1S/C25H32N4O2S/c1-26-12-13-28(2)18-23-24(19-6-10-22(30-3)11-7-19)27-25(32-23)20-4-8-21(9-5-20)29-14-16-31-17-15-29/h4-11,26H,12-18H2,1-3H3. The van der Waals surface area contributed by atoms with Crippen LogP contribution in [0.5, 0.6) is 5.75 Å². The summed E-state index contributed by atoms with van der Waals surface area (Å²) in [6.07, 6.45) is 0. The van der Waals surface area contributed by atoms with Gasteiger partial charge in [0.25, 0.3) is 0 Å². The highest BCUT2D eigenvalue weighted by atomic mass is 32.1. The van der Waals surface area contributed by atoms with Gasteiger partial charge in [-0.25, -0.2) is 4.98 Å². The third-order valence-corrected chi connectivity index (χ3v) is 6.80. The fraction of sp³-hybridized carbons (Fsp3) is 0.400. The second-order valence-electron chi connectivity index (χ2n) is 8.01. The predicted molar refractivity (Wildman–Crippen MR) is 133 cm³/mol. The zero-order valence-electron chi connectivity index (χ0n) is 19.1. The van der Waals surface area contributed by atoms with E-state index < -0.39 is 0 Å². The number of likely N-dealkylation sites (N-methyl/N-ethyl adjacent to an activating group) is 2. The van der Waals surface area contributed by atoms with Crippen molar-refractivity contribution in [2.24, 2.45) is 0 Å². The van der Waals surface area contributed by atoms with E-state index in [9.17, 15) is 0 Å². The monoisotopic (exact) mass is 452 g/mol. The van der Waals surface area contributed by atoms with Crippen LogP contribution in [-0.2, 0) is 11.3 Å². The van der Waals surface area contributed by atoms with Crippen LogP contribution >= 0.6 is 11.3 Å². The van der Waals surface area contributed by atoms with Gasteiger partial charge in [0.1, 0.15) is 10.8 Å². The molecule has 0 atom stereocenters. The minimum absolute atomic E-state index is 0.796. The van der Waals surface area contributed by atoms with Crippen molar-refractivity contribution in [2.75, 3.05) is 65.5 Å². The molecule has 4 rings (SSSR count). The molecule has 2 aromatic carbocycles. The largest absolute Gasteiger partial charge is 0.497 e. The molecule has 0 saturated carbocycles. The van der Waals surface area contributed by atoms with Crippen molar-refractivity contribution in [3.63, 3.8) is 0 Å². The van der Waals surface area contributed by atoms with Crippen LogP contribution in [0, 0.1) is 0 Å². The van der Waals surface area contributed by atoms with E-state index >= 15 is 0 Å². The number of ether oxygens (including phenoxy) is 2. The van der Waals surface area contributed by atoms with E-state index in [0.29, 0.717) is 0 Å². The lowest BCUT2D eigenvalue weighted by Gasteiger charge is -2.28. The quantitative estimate of drug-likeness (QED) is 0.530. The number of nitrogens with one attached hydrogen (secondary N) is 1. The molecule has 1 aromatic heterocycles. The third-order valence-electron chi connectivity index (χ3n) is 5.71. The molecule has 0 unspecified atom stereocenters. The van der Waals surface area contributed by atoms with Gasteiger partial charge in [0, 0.05) is 54.4 Å². The summed E-state index contributed by atoms with van der Waals surface area (Å²) in [5.41, 5.74) is 4.58. The van der Waals surface area contributed by atoms with Gasteiger partial charge in [0.15, 0.2) is 0 Å². The van der Waals surface area contributed by atoms with Crippen LogP contribution < -0.4 is 15.0 Å². The molecule has 0 bridgehead atoms. The number of thiazole rings is 1. The molecule has 2 heterocycles. The average molecular weight is 453 g/mol. The van der Waals surface area contributed by atoms with Gasteiger partial charge in [-0.1, -0.05) is 0 Å². The summed E-state index contributed by atoms with van der Waals surface area (Å²) in [5.74, 6) is 0.857. The van der Waals surface area contributed by atoms with Crippen molar-refractivity contribution in [3.8, 4) is 27.6 Å². The minimum Gasteiger partial charge on any atom is -0.497 e. The summed E-state index contributed by atoms with van der Waals surface area (Å²) in [6.45, 7) is 6.30. The van der Waals surface area contributed by atoms with E-state index in [1.54, 1.807) is 18.4 Å². The highest BCUT2D eigenvalue weighted by Gasteiger charge is 2.17. The molecule has 7 heteroatoms. The lowest BCUT2D eigenvalue weighted by molar-refractivity contribution is 0.122. The van der Waals surface area contributed by atoms with Crippen LogP contribution in [0.15, 0.2) is 48.5 Å². The number of rotatable bonds is 9. The number of nitrogens with zero attached hydrogens (tertiary/aromatic N) is 3. The van der Waals surface area contributed by atoms with Crippen LogP contribution in [0.3, 0.4) is 0 Å². The van der Waals surface area contributed by atoms with E-state index in [1.807, 2.05) is 19.2 Å². The molecule has 32 heavy (non-hydrogen) atoms. The molecule has 1 aliphatic rings. The molecule has 1 N–H and O–H groups in total. The van der Waals surface area contributed by atoms with Gasteiger partial charge in [-0.3, -0.25) is 4.90 Å². The number of aromatic nitrogens is 1. The molecule has 1 saturated heterocycles. The summed E-state index contributed by atoms with van der Waals surface area (Å²) in [4.78, 5) is 11.1. The van der Waals surface area contributed by atoms with Gasteiger partial charge in [0.05, 0.1) is 26.0 Å². The SMILES string of the molecule is CNCCN(C)Cc1sc(-c2ccc(N3CCOCC3)cc2)nc1-c1ccc(OC)cc1. The fourth-order valence-corrected chi connectivity index (χ4v) is 4.99. The lowest BCUT2D eigenvalue weighted by atomic mass is 10.1. The van der Waals surface area contributed by atoms with E-state index in [1.165, 1.54) is 10.6 Å². The van der Waals surface area contributed by atoms with Crippen molar-refractivity contribution in [2.45, 2.75) is 6.54 Å². The molecule has 1 fully saturated rings. The van der Waals surface area contributed by atoms with Crippen LogP contribution in [0.1, 0.15) is 4.88 Å². The Bertz CT molecular complexity index is 982. The first-order chi connectivity index (χ1) is 15.7. The first kappa shape index (κ1) is 22.7. The fourth-order valence-electron chi connectivity index (χ4n) is 3.82. The molecule has 1 aliphatic heterocycles. The summed E-state index contributed by atoms with van der Waals surface area (Å²) in [6, 6.07) is 17.0. The number of morpholine rings is 1. The summed E-state index contributed by atoms with van der Waals surface area (Å²) in [5, 5.41) is 4.28. The Kier molecular flexibility index (Phi) is 7.76. The molecule has 3 aromatic rings. The molecular weight excluding hydrogens is 420 g/mol. The molecule has 6 nitrogen and oxygen atoms in total. The lowest BCUT2D eigenvalue weighted by Crippen LogP contribution is -2.36. The maximum Gasteiger partial charge on any atom is 0.124 e. The first-order valence-corrected chi connectivity index (χ1v) is 11.9. The van der Waals surface area contributed by atoms with Gasteiger partial charge in [-0.15, -0.1) is 11.3 Å². The van der Waals surface area contributed by atoms with Crippen molar-refractivity contribution in [1.82, 2.24) is 15.2 Å².